The van der Waals surface area contributed by atoms with E-state index in [-0.39, 0.29) is 10.8 Å². The molecule has 0 atom stereocenters. The number of anilines is 2. The predicted molar refractivity (Wildman–Crippen MR) is 78.0 cm³/mol. The Morgan fingerprint density at radius 2 is 2.05 bits per heavy atom. The smallest absolute Gasteiger partial charge is 0.282 e. The third-order valence-electron chi connectivity index (χ3n) is 2.56. The maximum absolute atomic E-state index is 12.8. The fourth-order valence-corrected chi connectivity index (χ4v) is 2.74. The molecule has 0 aliphatic heterocycles. The van der Waals surface area contributed by atoms with E-state index in [1.165, 1.54) is 12.3 Å². The number of nitrogens with zero attached hydrogens (tertiary/aromatic N) is 2. The topological polar surface area (TPSA) is 84.0 Å². The van der Waals surface area contributed by atoms with Crippen LogP contribution in [0, 0.1) is 5.82 Å². The fourth-order valence-electron chi connectivity index (χ4n) is 1.62. The molecule has 2 aromatic rings. The first-order chi connectivity index (χ1) is 10.0. The van der Waals surface area contributed by atoms with Crippen LogP contribution >= 0.6 is 0 Å². The standard InChI is InChI=1S/C13H15FN4O2S/c1-2-7-15-11-4-3-8-16-13(11)21(19,20)18-12-6-5-10(14)9-17-12/h3-6,8-9,15H,2,7H2,1H3,(H,17,18). The average molecular weight is 310 g/mol. The fraction of sp³-hybridized carbons (Fsp3) is 0.231. The van der Waals surface area contributed by atoms with Crippen LogP contribution in [0.25, 0.3) is 0 Å². The van der Waals surface area contributed by atoms with Gasteiger partial charge in [0.15, 0.2) is 5.03 Å². The lowest BCUT2D eigenvalue weighted by Gasteiger charge is -2.11. The van der Waals surface area contributed by atoms with Crippen molar-refractivity contribution in [3.05, 3.63) is 42.5 Å². The first-order valence-electron chi connectivity index (χ1n) is 6.36. The third kappa shape index (κ3) is 3.88. The molecule has 0 aliphatic rings. The zero-order valence-corrected chi connectivity index (χ0v) is 12.2. The van der Waals surface area contributed by atoms with Crippen LogP contribution in [-0.2, 0) is 10.0 Å². The lowest BCUT2D eigenvalue weighted by molar-refractivity contribution is 0.597. The normalized spacial score (nSPS) is 11.1. The first kappa shape index (κ1) is 15.2. The Hall–Kier alpha value is -2.22. The maximum Gasteiger partial charge on any atom is 0.282 e. The van der Waals surface area contributed by atoms with Crippen LogP contribution in [0.2, 0.25) is 0 Å². The van der Waals surface area contributed by atoms with Gasteiger partial charge in [0.05, 0.1) is 11.9 Å². The molecule has 0 bridgehead atoms. The van der Waals surface area contributed by atoms with Crippen LogP contribution in [-0.4, -0.2) is 24.9 Å². The van der Waals surface area contributed by atoms with Crippen molar-refractivity contribution in [3.63, 3.8) is 0 Å². The van der Waals surface area contributed by atoms with E-state index in [9.17, 15) is 12.8 Å². The summed E-state index contributed by atoms with van der Waals surface area (Å²) >= 11 is 0. The lowest BCUT2D eigenvalue weighted by atomic mass is 10.4. The summed E-state index contributed by atoms with van der Waals surface area (Å²) in [6.07, 6.45) is 3.18. The number of hydrogen-bond donors (Lipinski definition) is 2. The Kier molecular flexibility index (Phi) is 4.69. The molecule has 0 fully saturated rings. The maximum atomic E-state index is 12.8. The molecule has 0 radical (unpaired) electrons. The van der Waals surface area contributed by atoms with Gasteiger partial charge in [0.25, 0.3) is 10.0 Å². The van der Waals surface area contributed by atoms with Crippen molar-refractivity contribution in [1.82, 2.24) is 9.97 Å². The average Bonchev–Trinajstić information content (AvgIpc) is 2.47. The van der Waals surface area contributed by atoms with Crippen LogP contribution in [0.4, 0.5) is 15.9 Å². The van der Waals surface area contributed by atoms with Crippen molar-refractivity contribution >= 4 is 21.5 Å². The number of nitrogens with one attached hydrogen (secondary N) is 2. The van der Waals surface area contributed by atoms with E-state index in [1.54, 1.807) is 12.1 Å². The van der Waals surface area contributed by atoms with Crippen molar-refractivity contribution in [3.8, 4) is 0 Å². The Labute approximate surface area is 122 Å². The molecule has 2 aromatic heterocycles. The molecule has 21 heavy (non-hydrogen) atoms. The first-order valence-corrected chi connectivity index (χ1v) is 7.84. The van der Waals surface area contributed by atoms with Crippen molar-refractivity contribution in [2.75, 3.05) is 16.6 Å². The van der Waals surface area contributed by atoms with Gasteiger partial charge in [0, 0.05) is 12.7 Å². The number of sulfonamides is 1. The Morgan fingerprint density at radius 3 is 2.71 bits per heavy atom. The summed E-state index contributed by atoms with van der Waals surface area (Å²) in [4.78, 5) is 7.57. The van der Waals surface area contributed by atoms with E-state index >= 15 is 0 Å². The highest BCUT2D eigenvalue weighted by Gasteiger charge is 2.20. The summed E-state index contributed by atoms with van der Waals surface area (Å²) in [5.74, 6) is -0.510. The number of hydrogen-bond acceptors (Lipinski definition) is 5. The van der Waals surface area contributed by atoms with Gasteiger partial charge in [-0.3, -0.25) is 4.72 Å². The molecule has 0 unspecified atom stereocenters. The summed E-state index contributed by atoms with van der Waals surface area (Å²) in [7, 11) is -3.90. The molecule has 8 heteroatoms. The molecule has 0 saturated heterocycles. The molecule has 0 aromatic carbocycles. The number of halogens is 1. The summed E-state index contributed by atoms with van der Waals surface area (Å²) < 4.78 is 39.7. The van der Waals surface area contributed by atoms with Gasteiger partial charge in [-0.05, 0) is 30.7 Å². The largest absolute Gasteiger partial charge is 0.383 e. The van der Waals surface area contributed by atoms with Crippen LogP contribution in [0.15, 0.2) is 41.7 Å². The van der Waals surface area contributed by atoms with E-state index in [1.807, 2.05) is 6.92 Å². The highest BCUT2D eigenvalue weighted by molar-refractivity contribution is 7.92. The van der Waals surface area contributed by atoms with Gasteiger partial charge >= 0.3 is 0 Å². The summed E-state index contributed by atoms with van der Waals surface area (Å²) in [6, 6.07) is 5.65. The van der Waals surface area contributed by atoms with E-state index in [2.05, 4.69) is 20.0 Å². The molecule has 2 heterocycles. The molecule has 0 amide bonds. The van der Waals surface area contributed by atoms with Crippen molar-refractivity contribution in [1.29, 1.82) is 0 Å². The second-order valence-electron chi connectivity index (χ2n) is 4.25. The molecule has 0 spiro atoms. The minimum atomic E-state index is -3.90. The number of rotatable bonds is 6. The minimum Gasteiger partial charge on any atom is -0.383 e. The third-order valence-corrected chi connectivity index (χ3v) is 3.87. The van der Waals surface area contributed by atoms with E-state index < -0.39 is 15.8 Å². The molecule has 112 valence electrons. The molecule has 0 aliphatic carbocycles. The predicted octanol–water partition coefficient (Wildman–Crippen LogP) is 2.24. The molecular formula is C13H15FN4O2S. The lowest BCUT2D eigenvalue weighted by Crippen LogP contribution is -2.17. The Balaban J connectivity index is 2.29. The van der Waals surface area contributed by atoms with E-state index in [0.29, 0.717) is 12.2 Å². The van der Waals surface area contributed by atoms with Gasteiger partial charge < -0.3 is 5.32 Å². The quantitative estimate of drug-likeness (QED) is 0.855. The monoisotopic (exact) mass is 310 g/mol. The summed E-state index contributed by atoms with van der Waals surface area (Å²) in [5, 5.41) is 2.88. The Bertz CT molecular complexity index is 704. The van der Waals surface area contributed by atoms with Gasteiger partial charge in [-0.2, -0.15) is 8.42 Å². The SMILES string of the molecule is CCCNc1cccnc1S(=O)(=O)Nc1ccc(F)cn1. The molecule has 0 saturated carbocycles. The second-order valence-corrected chi connectivity index (χ2v) is 5.85. The van der Waals surface area contributed by atoms with Crippen molar-refractivity contribution in [2.45, 2.75) is 18.4 Å². The van der Waals surface area contributed by atoms with E-state index in [4.69, 9.17) is 0 Å². The number of pyridine rings is 2. The minimum absolute atomic E-state index is 0.0310. The van der Waals surface area contributed by atoms with Crippen molar-refractivity contribution in [2.24, 2.45) is 0 Å². The zero-order valence-electron chi connectivity index (χ0n) is 11.4. The van der Waals surface area contributed by atoms with Gasteiger partial charge in [-0.15, -0.1) is 0 Å². The van der Waals surface area contributed by atoms with Crippen LogP contribution < -0.4 is 10.0 Å². The van der Waals surface area contributed by atoms with Gasteiger partial charge in [0.2, 0.25) is 0 Å². The van der Waals surface area contributed by atoms with Crippen LogP contribution in [0.5, 0.6) is 0 Å². The van der Waals surface area contributed by atoms with Gasteiger partial charge in [-0.1, -0.05) is 6.92 Å². The van der Waals surface area contributed by atoms with Crippen LogP contribution in [0.1, 0.15) is 13.3 Å². The molecule has 6 nitrogen and oxygen atoms in total. The molecular weight excluding hydrogens is 295 g/mol. The number of aromatic nitrogens is 2. The summed E-state index contributed by atoms with van der Waals surface area (Å²) in [6.45, 7) is 2.60. The van der Waals surface area contributed by atoms with Crippen molar-refractivity contribution < 1.29 is 12.8 Å². The molecule has 2 N–H and O–H groups in total. The highest BCUT2D eigenvalue weighted by Crippen LogP contribution is 2.20. The van der Waals surface area contributed by atoms with Gasteiger partial charge in [0.1, 0.15) is 11.6 Å². The zero-order chi connectivity index (χ0) is 15.3. The second kappa shape index (κ2) is 6.49. The summed E-state index contributed by atoms with van der Waals surface area (Å²) in [5.41, 5.74) is 0.411. The molecule has 2 rings (SSSR count). The van der Waals surface area contributed by atoms with Gasteiger partial charge in [-0.25, -0.2) is 14.4 Å². The van der Waals surface area contributed by atoms with E-state index in [0.717, 1.165) is 18.7 Å². The van der Waals surface area contributed by atoms with Crippen LogP contribution in [0.3, 0.4) is 0 Å². The highest BCUT2D eigenvalue weighted by atomic mass is 32.2. The Morgan fingerprint density at radius 1 is 1.24 bits per heavy atom.